The highest BCUT2D eigenvalue weighted by Gasteiger charge is 2.19. The second kappa shape index (κ2) is 9.03. The minimum Gasteiger partial charge on any atom is -0.493 e. The van der Waals surface area contributed by atoms with E-state index in [1.807, 2.05) is 6.07 Å². The van der Waals surface area contributed by atoms with E-state index in [0.29, 0.717) is 23.4 Å². The van der Waals surface area contributed by atoms with Crippen LogP contribution in [0.15, 0.2) is 12.3 Å². The fourth-order valence-electron chi connectivity index (χ4n) is 2.46. The maximum atomic E-state index is 5.93. The fourth-order valence-corrected chi connectivity index (χ4v) is 2.68. The molecule has 1 heterocycles. The van der Waals surface area contributed by atoms with Gasteiger partial charge in [-0.25, -0.2) is 0 Å². The van der Waals surface area contributed by atoms with Crippen LogP contribution in [0.25, 0.3) is 0 Å². The number of hydrogen-bond donors (Lipinski definition) is 0. The van der Waals surface area contributed by atoms with Crippen LogP contribution in [0.2, 0.25) is 0 Å². The molecule has 0 amide bonds. The third-order valence-corrected chi connectivity index (χ3v) is 3.72. The van der Waals surface area contributed by atoms with Gasteiger partial charge in [0.15, 0.2) is 11.5 Å². The fraction of sp³-hybridized carbons (Fsp3) is 0.667. The standard InChI is InChI=1S/C15H25ClN2O2/c1-5-12(6-2)18(10-8-16)11-13-15(20-4)14(19-3)7-9-17-13/h7,9,12H,5-6,8,10-11H2,1-4H3. The summed E-state index contributed by atoms with van der Waals surface area (Å²) in [4.78, 5) is 6.80. The lowest BCUT2D eigenvalue weighted by atomic mass is 10.1. The average molecular weight is 301 g/mol. The van der Waals surface area contributed by atoms with Crippen LogP contribution in [-0.2, 0) is 6.54 Å². The molecule has 0 aliphatic rings. The van der Waals surface area contributed by atoms with Crippen LogP contribution in [0, 0.1) is 0 Å². The molecule has 0 N–H and O–H groups in total. The van der Waals surface area contributed by atoms with Crippen LogP contribution in [0.4, 0.5) is 0 Å². The quantitative estimate of drug-likeness (QED) is 0.655. The third kappa shape index (κ3) is 4.25. The summed E-state index contributed by atoms with van der Waals surface area (Å²) in [6, 6.07) is 2.32. The molecule has 0 saturated heterocycles. The van der Waals surface area contributed by atoms with Gasteiger partial charge in [0.05, 0.1) is 14.2 Å². The van der Waals surface area contributed by atoms with Crippen molar-refractivity contribution in [3.8, 4) is 11.5 Å². The summed E-state index contributed by atoms with van der Waals surface area (Å²) in [7, 11) is 3.28. The summed E-state index contributed by atoms with van der Waals surface area (Å²) in [5, 5.41) is 0. The second-order valence-corrected chi connectivity index (χ2v) is 5.00. The first kappa shape index (κ1) is 17.1. The second-order valence-electron chi connectivity index (χ2n) is 4.62. The van der Waals surface area contributed by atoms with Crippen molar-refractivity contribution in [2.24, 2.45) is 0 Å². The zero-order valence-electron chi connectivity index (χ0n) is 12.9. The van der Waals surface area contributed by atoms with Gasteiger partial charge in [-0.1, -0.05) is 13.8 Å². The van der Waals surface area contributed by atoms with Gasteiger partial charge in [0.2, 0.25) is 0 Å². The van der Waals surface area contributed by atoms with E-state index in [-0.39, 0.29) is 0 Å². The Morgan fingerprint density at radius 3 is 2.45 bits per heavy atom. The highest BCUT2D eigenvalue weighted by Crippen LogP contribution is 2.30. The van der Waals surface area contributed by atoms with E-state index in [9.17, 15) is 0 Å². The summed E-state index contributed by atoms with van der Waals surface area (Å²) < 4.78 is 10.8. The number of rotatable bonds is 9. The van der Waals surface area contributed by atoms with Crippen LogP contribution in [-0.4, -0.2) is 42.6 Å². The van der Waals surface area contributed by atoms with Crippen molar-refractivity contribution in [2.75, 3.05) is 26.6 Å². The van der Waals surface area contributed by atoms with Gasteiger partial charge in [-0.3, -0.25) is 9.88 Å². The van der Waals surface area contributed by atoms with Crippen molar-refractivity contribution in [3.63, 3.8) is 0 Å². The molecule has 0 radical (unpaired) electrons. The first-order valence-corrected chi connectivity index (χ1v) is 7.61. The van der Waals surface area contributed by atoms with Crippen molar-refractivity contribution in [3.05, 3.63) is 18.0 Å². The Bertz CT molecular complexity index is 397. The monoisotopic (exact) mass is 300 g/mol. The highest BCUT2D eigenvalue weighted by atomic mass is 35.5. The Morgan fingerprint density at radius 1 is 1.25 bits per heavy atom. The van der Waals surface area contributed by atoms with Crippen LogP contribution in [0.1, 0.15) is 32.4 Å². The van der Waals surface area contributed by atoms with Crippen molar-refractivity contribution in [1.82, 2.24) is 9.88 Å². The molecular formula is C15H25ClN2O2. The van der Waals surface area contributed by atoms with Crippen molar-refractivity contribution < 1.29 is 9.47 Å². The summed E-state index contributed by atoms with van der Waals surface area (Å²) in [5.74, 6) is 2.04. The normalized spacial score (nSPS) is 11.2. The Hall–Kier alpha value is -1.00. The van der Waals surface area contributed by atoms with Gasteiger partial charge in [0.25, 0.3) is 0 Å². The van der Waals surface area contributed by atoms with E-state index >= 15 is 0 Å². The number of methoxy groups -OCH3 is 2. The van der Waals surface area contributed by atoms with Gasteiger partial charge in [0.1, 0.15) is 5.69 Å². The summed E-state index contributed by atoms with van der Waals surface area (Å²) in [6.45, 7) is 5.96. The Labute approximate surface area is 127 Å². The molecule has 0 aliphatic carbocycles. The topological polar surface area (TPSA) is 34.6 Å². The van der Waals surface area contributed by atoms with E-state index < -0.39 is 0 Å². The minimum atomic E-state index is 0.506. The molecule has 0 fully saturated rings. The highest BCUT2D eigenvalue weighted by molar-refractivity contribution is 6.18. The van der Waals surface area contributed by atoms with Crippen LogP contribution < -0.4 is 9.47 Å². The van der Waals surface area contributed by atoms with Gasteiger partial charge < -0.3 is 9.47 Å². The van der Waals surface area contributed by atoms with Gasteiger partial charge in [-0.05, 0) is 12.8 Å². The van der Waals surface area contributed by atoms with Gasteiger partial charge in [0, 0.05) is 37.3 Å². The number of aromatic nitrogens is 1. The maximum Gasteiger partial charge on any atom is 0.183 e. The van der Waals surface area contributed by atoms with Gasteiger partial charge >= 0.3 is 0 Å². The van der Waals surface area contributed by atoms with Gasteiger partial charge in [-0.2, -0.15) is 0 Å². The molecule has 1 rings (SSSR count). The van der Waals surface area contributed by atoms with Crippen molar-refractivity contribution in [2.45, 2.75) is 39.3 Å². The summed E-state index contributed by atoms with van der Waals surface area (Å²) in [5.41, 5.74) is 0.892. The number of ether oxygens (including phenoxy) is 2. The van der Waals surface area contributed by atoms with E-state index in [2.05, 4.69) is 23.7 Å². The van der Waals surface area contributed by atoms with Crippen molar-refractivity contribution >= 4 is 11.6 Å². The number of halogens is 1. The smallest absolute Gasteiger partial charge is 0.183 e. The largest absolute Gasteiger partial charge is 0.493 e. The van der Waals surface area contributed by atoms with Crippen LogP contribution in [0.3, 0.4) is 0 Å². The first-order chi connectivity index (χ1) is 9.71. The van der Waals surface area contributed by atoms with E-state index in [1.165, 1.54) is 0 Å². The molecule has 4 nitrogen and oxygen atoms in total. The number of pyridine rings is 1. The zero-order valence-corrected chi connectivity index (χ0v) is 13.6. The third-order valence-electron chi connectivity index (χ3n) is 3.55. The lowest BCUT2D eigenvalue weighted by Gasteiger charge is -2.30. The predicted octanol–water partition coefficient (Wildman–Crippen LogP) is 3.33. The molecule has 114 valence electrons. The SMILES string of the molecule is CCC(CC)N(CCCl)Cc1nccc(OC)c1OC. The molecule has 20 heavy (non-hydrogen) atoms. The molecular weight excluding hydrogens is 276 g/mol. The van der Waals surface area contributed by atoms with E-state index in [4.69, 9.17) is 21.1 Å². The Balaban J connectivity index is 2.98. The molecule has 0 atom stereocenters. The number of hydrogen-bond acceptors (Lipinski definition) is 4. The molecule has 1 aromatic heterocycles. The molecule has 0 aliphatic heterocycles. The molecule has 5 heteroatoms. The lowest BCUT2D eigenvalue weighted by Crippen LogP contribution is -2.35. The predicted molar refractivity (Wildman–Crippen MR) is 82.8 cm³/mol. The average Bonchev–Trinajstić information content (AvgIpc) is 2.48. The molecule has 0 unspecified atom stereocenters. The maximum absolute atomic E-state index is 5.93. The number of nitrogens with zero attached hydrogens (tertiary/aromatic N) is 2. The molecule has 0 bridgehead atoms. The van der Waals surface area contributed by atoms with Gasteiger partial charge in [-0.15, -0.1) is 11.6 Å². The van der Waals surface area contributed by atoms with Crippen molar-refractivity contribution in [1.29, 1.82) is 0 Å². The Kier molecular flexibility index (Phi) is 7.70. The Morgan fingerprint density at radius 2 is 1.95 bits per heavy atom. The first-order valence-electron chi connectivity index (χ1n) is 7.07. The molecule has 0 aromatic carbocycles. The summed E-state index contributed by atoms with van der Waals surface area (Å²) in [6.07, 6.45) is 3.95. The number of alkyl halides is 1. The van der Waals surface area contributed by atoms with Crippen LogP contribution >= 0.6 is 11.6 Å². The lowest BCUT2D eigenvalue weighted by molar-refractivity contribution is 0.183. The van der Waals surface area contributed by atoms with E-state index in [1.54, 1.807) is 20.4 Å². The van der Waals surface area contributed by atoms with E-state index in [0.717, 1.165) is 31.6 Å². The molecule has 1 aromatic rings. The minimum absolute atomic E-state index is 0.506. The summed E-state index contributed by atoms with van der Waals surface area (Å²) >= 11 is 5.93. The molecule has 0 saturated carbocycles. The molecule has 0 spiro atoms. The van der Waals surface area contributed by atoms with Crippen LogP contribution in [0.5, 0.6) is 11.5 Å². The zero-order chi connectivity index (χ0) is 15.0.